The summed E-state index contributed by atoms with van der Waals surface area (Å²) in [6.45, 7) is 1.30. The molecule has 0 atom stereocenters. The molecule has 1 aromatic rings. The Balaban J connectivity index is 1.78. The molecular weight excluding hydrogens is 224 g/mol. The van der Waals surface area contributed by atoms with Crippen LogP contribution in [0.15, 0.2) is 12.1 Å². The van der Waals surface area contributed by atoms with Gasteiger partial charge in [0, 0.05) is 6.54 Å². The van der Waals surface area contributed by atoms with E-state index in [1.807, 2.05) is 0 Å². The summed E-state index contributed by atoms with van der Waals surface area (Å²) in [5.41, 5.74) is 0.520. The number of benzene rings is 1. The highest BCUT2D eigenvalue weighted by molar-refractivity contribution is 5.29. The summed E-state index contributed by atoms with van der Waals surface area (Å²) < 4.78 is 26.0. The van der Waals surface area contributed by atoms with Crippen molar-refractivity contribution < 1.29 is 13.9 Å². The average molecular weight is 241 g/mol. The number of phenols is 1. The molecule has 0 amide bonds. The van der Waals surface area contributed by atoms with Crippen LogP contribution in [0.3, 0.4) is 0 Å². The first-order valence-electron chi connectivity index (χ1n) is 6.04. The third-order valence-corrected chi connectivity index (χ3v) is 3.36. The van der Waals surface area contributed by atoms with Gasteiger partial charge in [-0.05, 0) is 36.6 Å². The molecule has 0 saturated heterocycles. The van der Waals surface area contributed by atoms with E-state index in [0.29, 0.717) is 12.1 Å². The van der Waals surface area contributed by atoms with Crippen LogP contribution in [-0.4, -0.2) is 11.7 Å². The fourth-order valence-corrected chi connectivity index (χ4v) is 2.04. The summed E-state index contributed by atoms with van der Waals surface area (Å²) in [6, 6.07) is 2.32. The van der Waals surface area contributed by atoms with Gasteiger partial charge in [-0.15, -0.1) is 0 Å². The molecule has 17 heavy (non-hydrogen) atoms. The van der Waals surface area contributed by atoms with E-state index < -0.39 is 17.4 Å². The molecular formula is C13H17F2NO. The summed E-state index contributed by atoms with van der Waals surface area (Å²) in [6.07, 6.45) is 5.08. The molecule has 1 saturated carbocycles. The van der Waals surface area contributed by atoms with Crippen LogP contribution in [0, 0.1) is 17.6 Å². The SMILES string of the molecule is Oc1c(F)cc(CNCCC2CCC2)cc1F. The van der Waals surface area contributed by atoms with Crippen LogP contribution in [0.1, 0.15) is 31.2 Å². The monoisotopic (exact) mass is 241 g/mol. The highest BCUT2D eigenvalue weighted by Crippen LogP contribution is 2.28. The Hall–Kier alpha value is -1.16. The first-order valence-corrected chi connectivity index (χ1v) is 6.04. The normalized spacial score (nSPS) is 15.9. The first kappa shape index (κ1) is 12.3. The third kappa shape index (κ3) is 3.16. The topological polar surface area (TPSA) is 32.3 Å². The van der Waals surface area contributed by atoms with E-state index in [-0.39, 0.29) is 0 Å². The quantitative estimate of drug-likeness (QED) is 0.777. The number of nitrogens with one attached hydrogen (secondary N) is 1. The van der Waals surface area contributed by atoms with Crippen molar-refractivity contribution in [1.29, 1.82) is 0 Å². The van der Waals surface area contributed by atoms with Gasteiger partial charge < -0.3 is 10.4 Å². The van der Waals surface area contributed by atoms with E-state index >= 15 is 0 Å². The Bertz CT molecular complexity index is 368. The van der Waals surface area contributed by atoms with Crippen LogP contribution in [0.5, 0.6) is 5.75 Å². The molecule has 1 aromatic carbocycles. The van der Waals surface area contributed by atoms with Crippen molar-refractivity contribution in [2.75, 3.05) is 6.54 Å². The fraction of sp³-hybridized carbons (Fsp3) is 0.538. The van der Waals surface area contributed by atoms with Crippen LogP contribution in [-0.2, 0) is 6.54 Å². The minimum absolute atomic E-state index is 0.431. The van der Waals surface area contributed by atoms with Gasteiger partial charge in [0.2, 0.25) is 0 Å². The Morgan fingerprint density at radius 1 is 1.24 bits per heavy atom. The summed E-state index contributed by atoms with van der Waals surface area (Å²) in [4.78, 5) is 0. The Labute approximate surface area is 99.7 Å². The molecule has 0 radical (unpaired) electrons. The Morgan fingerprint density at radius 3 is 2.41 bits per heavy atom. The minimum atomic E-state index is -0.902. The molecule has 0 spiro atoms. The van der Waals surface area contributed by atoms with E-state index in [1.54, 1.807) is 0 Å². The molecule has 0 bridgehead atoms. The van der Waals surface area contributed by atoms with Crippen LogP contribution in [0.2, 0.25) is 0 Å². The van der Waals surface area contributed by atoms with Gasteiger partial charge in [0.25, 0.3) is 0 Å². The van der Waals surface area contributed by atoms with E-state index in [4.69, 9.17) is 5.11 Å². The van der Waals surface area contributed by atoms with Crippen LogP contribution >= 0.6 is 0 Å². The zero-order valence-corrected chi connectivity index (χ0v) is 9.68. The number of halogens is 2. The lowest BCUT2D eigenvalue weighted by Crippen LogP contribution is -2.21. The van der Waals surface area contributed by atoms with Gasteiger partial charge in [-0.2, -0.15) is 0 Å². The van der Waals surface area contributed by atoms with Crippen LogP contribution in [0.25, 0.3) is 0 Å². The van der Waals surface area contributed by atoms with Crippen molar-refractivity contribution in [2.24, 2.45) is 5.92 Å². The third-order valence-electron chi connectivity index (χ3n) is 3.36. The largest absolute Gasteiger partial charge is 0.503 e. The molecule has 0 unspecified atom stereocenters. The predicted octanol–water partition coefficient (Wildman–Crippen LogP) is 2.95. The zero-order chi connectivity index (χ0) is 12.3. The molecule has 2 rings (SSSR count). The number of phenolic OH excluding ortho intramolecular Hbond substituents is 1. The van der Waals surface area contributed by atoms with Crippen LogP contribution in [0.4, 0.5) is 8.78 Å². The molecule has 1 aliphatic rings. The van der Waals surface area contributed by atoms with Gasteiger partial charge >= 0.3 is 0 Å². The molecule has 94 valence electrons. The Kier molecular flexibility index (Phi) is 3.94. The van der Waals surface area contributed by atoms with Crippen molar-refractivity contribution in [2.45, 2.75) is 32.2 Å². The molecule has 0 aromatic heterocycles. The number of aromatic hydroxyl groups is 1. The van der Waals surface area contributed by atoms with Gasteiger partial charge in [-0.1, -0.05) is 19.3 Å². The Morgan fingerprint density at radius 2 is 1.88 bits per heavy atom. The number of rotatable bonds is 5. The van der Waals surface area contributed by atoms with Crippen molar-refractivity contribution >= 4 is 0 Å². The predicted molar refractivity (Wildman–Crippen MR) is 61.7 cm³/mol. The second-order valence-corrected chi connectivity index (χ2v) is 4.67. The second kappa shape index (κ2) is 5.45. The summed E-state index contributed by atoms with van der Waals surface area (Å²) >= 11 is 0. The van der Waals surface area contributed by atoms with Crippen LogP contribution < -0.4 is 5.32 Å². The average Bonchev–Trinajstić information content (AvgIpc) is 2.23. The highest BCUT2D eigenvalue weighted by Gasteiger charge is 2.16. The lowest BCUT2D eigenvalue weighted by Gasteiger charge is -2.25. The van der Waals surface area contributed by atoms with Gasteiger partial charge in [-0.25, -0.2) is 8.78 Å². The fourth-order valence-electron chi connectivity index (χ4n) is 2.04. The first-order chi connectivity index (χ1) is 8.16. The summed E-state index contributed by atoms with van der Waals surface area (Å²) in [5.74, 6) is -1.87. The maximum atomic E-state index is 13.0. The molecule has 1 aliphatic carbocycles. The maximum Gasteiger partial charge on any atom is 0.187 e. The highest BCUT2D eigenvalue weighted by atomic mass is 19.1. The summed E-state index contributed by atoms with van der Waals surface area (Å²) in [5, 5.41) is 12.1. The van der Waals surface area contributed by atoms with Crippen molar-refractivity contribution in [3.05, 3.63) is 29.3 Å². The molecule has 0 heterocycles. The van der Waals surface area contributed by atoms with E-state index in [9.17, 15) is 8.78 Å². The molecule has 4 heteroatoms. The molecule has 2 nitrogen and oxygen atoms in total. The van der Waals surface area contributed by atoms with Gasteiger partial charge in [-0.3, -0.25) is 0 Å². The lowest BCUT2D eigenvalue weighted by molar-refractivity contribution is 0.292. The summed E-state index contributed by atoms with van der Waals surface area (Å²) in [7, 11) is 0. The number of hydrogen-bond donors (Lipinski definition) is 2. The number of hydrogen-bond acceptors (Lipinski definition) is 2. The second-order valence-electron chi connectivity index (χ2n) is 4.67. The van der Waals surface area contributed by atoms with E-state index in [2.05, 4.69) is 5.32 Å². The van der Waals surface area contributed by atoms with Gasteiger partial charge in [0.15, 0.2) is 17.4 Å². The van der Waals surface area contributed by atoms with Crippen molar-refractivity contribution in [3.63, 3.8) is 0 Å². The molecule has 2 N–H and O–H groups in total. The molecule has 0 aliphatic heterocycles. The van der Waals surface area contributed by atoms with Gasteiger partial charge in [0.1, 0.15) is 0 Å². The van der Waals surface area contributed by atoms with E-state index in [0.717, 1.165) is 31.0 Å². The molecule has 1 fully saturated rings. The smallest absolute Gasteiger partial charge is 0.187 e. The minimum Gasteiger partial charge on any atom is -0.503 e. The van der Waals surface area contributed by atoms with Gasteiger partial charge in [0.05, 0.1) is 0 Å². The van der Waals surface area contributed by atoms with Crippen molar-refractivity contribution in [1.82, 2.24) is 5.32 Å². The zero-order valence-electron chi connectivity index (χ0n) is 9.68. The standard InChI is InChI=1S/C13H17F2NO/c14-11-6-10(7-12(15)13(11)17)8-16-5-4-9-2-1-3-9/h6-7,9,16-17H,1-5,8H2. The maximum absolute atomic E-state index is 13.0. The van der Waals surface area contributed by atoms with Crippen molar-refractivity contribution in [3.8, 4) is 5.75 Å². The van der Waals surface area contributed by atoms with E-state index in [1.165, 1.54) is 19.3 Å². The lowest BCUT2D eigenvalue weighted by atomic mass is 9.83.